The van der Waals surface area contributed by atoms with Crippen LogP contribution in [0.4, 0.5) is 23.5 Å². The highest BCUT2D eigenvalue weighted by molar-refractivity contribution is 6.00. The zero-order chi connectivity index (χ0) is 22.2. The molecule has 0 saturated carbocycles. The number of aryl methyl sites for hydroxylation is 1. The molecule has 4 rings (SSSR count). The lowest BCUT2D eigenvalue weighted by Gasteiger charge is -2.27. The minimum absolute atomic E-state index is 0.0459. The van der Waals surface area contributed by atoms with Gasteiger partial charge in [0.1, 0.15) is 0 Å². The Hall–Kier alpha value is -2.94. The normalized spacial score (nSPS) is 18.0. The Morgan fingerprint density at radius 1 is 1.19 bits per heavy atom. The molecular formula is C22H32N8O. The van der Waals surface area contributed by atoms with E-state index < -0.39 is 0 Å². The van der Waals surface area contributed by atoms with Crippen molar-refractivity contribution in [2.75, 3.05) is 42.2 Å². The smallest absolute Gasteiger partial charge is 0.251 e. The molecular weight excluding hydrogens is 392 g/mol. The third-order valence-corrected chi connectivity index (χ3v) is 5.50. The van der Waals surface area contributed by atoms with Crippen LogP contribution in [0, 0.1) is 12.3 Å². The van der Waals surface area contributed by atoms with Crippen LogP contribution in [0.25, 0.3) is 0 Å². The average molecular weight is 425 g/mol. The number of rotatable bonds is 6. The molecule has 1 amide bonds. The summed E-state index contributed by atoms with van der Waals surface area (Å²) < 4.78 is 0. The van der Waals surface area contributed by atoms with Crippen LogP contribution in [0.1, 0.15) is 48.7 Å². The van der Waals surface area contributed by atoms with Gasteiger partial charge in [-0.25, -0.2) is 0 Å². The molecule has 166 valence electrons. The Balaban J connectivity index is 1.68. The number of amides is 1. The highest BCUT2D eigenvalue weighted by atomic mass is 16.1. The van der Waals surface area contributed by atoms with Gasteiger partial charge in [0.05, 0.1) is 0 Å². The Labute approximate surface area is 183 Å². The lowest BCUT2D eigenvalue weighted by molar-refractivity contribution is 0.0965. The van der Waals surface area contributed by atoms with E-state index in [1.54, 1.807) is 0 Å². The number of aromatic nitrogens is 3. The molecule has 0 unspecified atom stereocenters. The van der Waals surface area contributed by atoms with E-state index in [4.69, 9.17) is 4.98 Å². The second-order valence-electron chi connectivity index (χ2n) is 9.62. The van der Waals surface area contributed by atoms with E-state index in [0.29, 0.717) is 36.0 Å². The molecule has 1 fully saturated rings. The molecule has 0 spiro atoms. The Kier molecular flexibility index (Phi) is 5.70. The van der Waals surface area contributed by atoms with Gasteiger partial charge in [-0.1, -0.05) is 26.8 Å². The highest BCUT2D eigenvalue weighted by Gasteiger charge is 2.24. The van der Waals surface area contributed by atoms with E-state index in [1.807, 2.05) is 26.1 Å². The number of nitrogens with zero attached hydrogens (tertiary/aromatic N) is 4. The summed E-state index contributed by atoms with van der Waals surface area (Å²) in [5.74, 6) is 1.59. The zero-order valence-electron chi connectivity index (χ0n) is 19.0. The maximum atomic E-state index is 12.1. The monoisotopic (exact) mass is 424 g/mol. The maximum Gasteiger partial charge on any atom is 0.251 e. The number of anilines is 4. The predicted octanol–water partition coefficient (Wildman–Crippen LogP) is 2.42. The Morgan fingerprint density at radius 2 is 1.97 bits per heavy atom. The topological polar surface area (TPSA) is 107 Å². The summed E-state index contributed by atoms with van der Waals surface area (Å²) in [6, 6.07) is 4.11. The molecule has 31 heavy (non-hydrogen) atoms. The van der Waals surface area contributed by atoms with Crippen LogP contribution in [0.3, 0.4) is 0 Å². The van der Waals surface area contributed by atoms with Crippen molar-refractivity contribution >= 4 is 29.4 Å². The summed E-state index contributed by atoms with van der Waals surface area (Å²) in [7, 11) is 2.00. The molecule has 2 aromatic rings. The first kappa shape index (κ1) is 21.3. The minimum atomic E-state index is -0.0459. The van der Waals surface area contributed by atoms with Crippen LogP contribution < -0.4 is 26.2 Å². The predicted molar refractivity (Wildman–Crippen MR) is 123 cm³/mol. The van der Waals surface area contributed by atoms with Crippen molar-refractivity contribution in [1.82, 2.24) is 25.6 Å². The van der Waals surface area contributed by atoms with Gasteiger partial charge in [-0.05, 0) is 36.9 Å². The summed E-state index contributed by atoms with van der Waals surface area (Å²) in [6.07, 6.45) is 1.03. The molecule has 1 saturated heterocycles. The molecule has 3 heterocycles. The van der Waals surface area contributed by atoms with Gasteiger partial charge in [0.25, 0.3) is 5.91 Å². The SMILES string of the molecule is Cc1ccc2c(c1Nc1nc(N[C@@H]3CCNC3)nc(N(C)CC(C)(C)C)n1)CNC2=O. The molecule has 4 N–H and O–H groups in total. The second-order valence-corrected chi connectivity index (χ2v) is 9.62. The fourth-order valence-electron chi connectivity index (χ4n) is 4.11. The number of hydrogen-bond acceptors (Lipinski definition) is 8. The van der Waals surface area contributed by atoms with Crippen LogP contribution in [-0.2, 0) is 6.54 Å². The van der Waals surface area contributed by atoms with Crippen LogP contribution in [0.15, 0.2) is 12.1 Å². The maximum absolute atomic E-state index is 12.1. The summed E-state index contributed by atoms with van der Waals surface area (Å²) in [6.45, 7) is 11.8. The van der Waals surface area contributed by atoms with Crippen LogP contribution in [0.2, 0.25) is 0 Å². The van der Waals surface area contributed by atoms with Gasteiger partial charge in [0.15, 0.2) is 0 Å². The van der Waals surface area contributed by atoms with Gasteiger partial charge < -0.3 is 26.2 Å². The van der Waals surface area contributed by atoms with Crippen molar-refractivity contribution in [2.24, 2.45) is 5.41 Å². The summed E-state index contributed by atoms with van der Waals surface area (Å²) in [4.78, 5) is 28.2. The van der Waals surface area contributed by atoms with Gasteiger partial charge in [-0.15, -0.1) is 0 Å². The van der Waals surface area contributed by atoms with E-state index in [-0.39, 0.29) is 11.3 Å². The van der Waals surface area contributed by atoms with Gasteiger partial charge in [-0.3, -0.25) is 4.79 Å². The van der Waals surface area contributed by atoms with Crippen molar-refractivity contribution < 1.29 is 4.79 Å². The van der Waals surface area contributed by atoms with Crippen molar-refractivity contribution in [3.05, 3.63) is 28.8 Å². The zero-order valence-corrected chi connectivity index (χ0v) is 19.0. The summed E-state index contributed by atoms with van der Waals surface area (Å²) >= 11 is 0. The average Bonchev–Trinajstić information content (AvgIpc) is 3.32. The molecule has 0 radical (unpaired) electrons. The molecule has 9 heteroatoms. The number of nitrogens with one attached hydrogen (secondary N) is 4. The third kappa shape index (κ3) is 4.87. The van der Waals surface area contributed by atoms with E-state index in [2.05, 4.69) is 56.9 Å². The third-order valence-electron chi connectivity index (χ3n) is 5.50. The molecule has 1 aromatic heterocycles. The fourth-order valence-corrected chi connectivity index (χ4v) is 4.11. The minimum Gasteiger partial charge on any atom is -0.350 e. The number of fused-ring (bicyclic) bond motifs is 1. The van der Waals surface area contributed by atoms with Crippen molar-refractivity contribution in [1.29, 1.82) is 0 Å². The van der Waals surface area contributed by atoms with Gasteiger partial charge in [0.2, 0.25) is 17.8 Å². The van der Waals surface area contributed by atoms with Crippen molar-refractivity contribution in [3.63, 3.8) is 0 Å². The van der Waals surface area contributed by atoms with E-state index in [1.165, 1.54) is 0 Å². The lowest BCUT2D eigenvalue weighted by atomic mass is 9.96. The van der Waals surface area contributed by atoms with Crippen LogP contribution in [0.5, 0.6) is 0 Å². The van der Waals surface area contributed by atoms with Crippen molar-refractivity contribution in [2.45, 2.75) is 46.7 Å². The van der Waals surface area contributed by atoms with Crippen LogP contribution in [-0.4, -0.2) is 53.6 Å². The largest absolute Gasteiger partial charge is 0.350 e. The van der Waals surface area contributed by atoms with Gasteiger partial charge in [-0.2, -0.15) is 15.0 Å². The number of carbonyl (C=O) groups excluding carboxylic acids is 1. The quantitative estimate of drug-likeness (QED) is 0.560. The fraction of sp³-hybridized carbons (Fsp3) is 0.545. The first-order valence-corrected chi connectivity index (χ1v) is 10.8. The summed E-state index contributed by atoms with van der Waals surface area (Å²) in [5.41, 5.74) is 3.66. The van der Waals surface area contributed by atoms with Crippen molar-refractivity contribution in [3.8, 4) is 0 Å². The first-order valence-electron chi connectivity index (χ1n) is 10.8. The van der Waals surface area contributed by atoms with E-state index >= 15 is 0 Å². The number of carbonyl (C=O) groups is 1. The number of hydrogen-bond donors (Lipinski definition) is 4. The van der Waals surface area contributed by atoms with Crippen LogP contribution >= 0.6 is 0 Å². The molecule has 2 aliphatic heterocycles. The second kappa shape index (κ2) is 8.30. The Bertz CT molecular complexity index is 978. The lowest BCUT2D eigenvalue weighted by Crippen LogP contribution is -2.31. The van der Waals surface area contributed by atoms with Gasteiger partial charge >= 0.3 is 0 Å². The highest BCUT2D eigenvalue weighted by Crippen LogP contribution is 2.30. The standard InChI is InChI=1S/C22H32N8O/c1-13-6-7-15-16(11-24-18(15)31)17(13)26-20-27-19(25-14-8-9-23-10-14)28-21(29-20)30(5)12-22(2,3)4/h6-7,14,23H,8-12H2,1-5H3,(H,24,31)(H2,25,26,27,28,29)/t14-/m1/s1. The number of benzene rings is 1. The van der Waals surface area contributed by atoms with Gasteiger partial charge in [0, 0.05) is 49.5 Å². The molecule has 1 atom stereocenters. The molecule has 0 aliphatic carbocycles. The molecule has 9 nitrogen and oxygen atoms in total. The molecule has 2 aliphatic rings. The Morgan fingerprint density at radius 3 is 2.68 bits per heavy atom. The van der Waals surface area contributed by atoms with E-state index in [9.17, 15) is 4.79 Å². The molecule has 0 bridgehead atoms. The molecule has 1 aromatic carbocycles. The van der Waals surface area contributed by atoms with E-state index in [0.717, 1.165) is 42.9 Å². The summed E-state index contributed by atoms with van der Waals surface area (Å²) in [5, 5.41) is 13.1. The first-order chi connectivity index (χ1) is 14.7.